The Bertz CT molecular complexity index is 451. The minimum atomic E-state index is -0.725. The molecule has 1 heterocycles. The molecule has 2 rings (SSSR count). The Hall–Kier alpha value is -1.33. The zero-order chi connectivity index (χ0) is 14.5. The van der Waals surface area contributed by atoms with Crippen LogP contribution in [-0.4, -0.2) is 42.0 Å². The van der Waals surface area contributed by atoms with Crippen molar-refractivity contribution in [3.05, 3.63) is 35.4 Å². The number of benzene rings is 1. The van der Waals surface area contributed by atoms with Gasteiger partial charge in [0, 0.05) is 31.2 Å². The minimum Gasteiger partial charge on any atom is -0.396 e. The fourth-order valence-electron chi connectivity index (χ4n) is 2.51. The molecular weight excluding hydrogens is 264 g/mol. The van der Waals surface area contributed by atoms with Gasteiger partial charge in [0.1, 0.15) is 11.6 Å². The maximum atomic E-state index is 13.0. The van der Waals surface area contributed by atoms with Gasteiger partial charge in [-0.25, -0.2) is 8.78 Å². The molecule has 1 fully saturated rings. The molecule has 0 saturated carbocycles. The number of likely N-dealkylation sites (tertiary alicyclic amines) is 1. The molecule has 20 heavy (non-hydrogen) atoms. The van der Waals surface area contributed by atoms with Gasteiger partial charge in [-0.15, -0.1) is 0 Å². The highest BCUT2D eigenvalue weighted by Crippen LogP contribution is 2.17. The summed E-state index contributed by atoms with van der Waals surface area (Å²) in [6.45, 7) is 2.52. The highest BCUT2D eigenvalue weighted by Gasteiger charge is 2.19. The van der Waals surface area contributed by atoms with Crippen LogP contribution in [0, 0.1) is 17.6 Å². The molecule has 1 aromatic rings. The second kappa shape index (κ2) is 6.90. The molecule has 1 aliphatic rings. The van der Waals surface area contributed by atoms with E-state index < -0.39 is 11.6 Å². The van der Waals surface area contributed by atoms with Crippen molar-refractivity contribution in [3.63, 3.8) is 0 Å². The number of carbonyl (C=O) groups is 1. The largest absolute Gasteiger partial charge is 0.396 e. The molecule has 0 bridgehead atoms. The number of nitrogens with zero attached hydrogens (tertiary/aromatic N) is 1. The van der Waals surface area contributed by atoms with Crippen molar-refractivity contribution in [3.8, 4) is 0 Å². The van der Waals surface area contributed by atoms with Crippen LogP contribution in [0.5, 0.6) is 0 Å². The zero-order valence-electron chi connectivity index (χ0n) is 11.3. The molecule has 1 N–H and O–H groups in total. The molecule has 5 heteroatoms. The van der Waals surface area contributed by atoms with Gasteiger partial charge in [-0.05, 0) is 44.0 Å². The second-order valence-corrected chi connectivity index (χ2v) is 5.30. The van der Waals surface area contributed by atoms with E-state index in [0.29, 0.717) is 12.5 Å². The van der Waals surface area contributed by atoms with Gasteiger partial charge >= 0.3 is 0 Å². The zero-order valence-corrected chi connectivity index (χ0v) is 11.3. The topological polar surface area (TPSA) is 40.5 Å². The Kier molecular flexibility index (Phi) is 5.20. The lowest BCUT2D eigenvalue weighted by Crippen LogP contribution is -2.36. The van der Waals surface area contributed by atoms with Crippen LogP contribution in [0.25, 0.3) is 0 Å². The summed E-state index contributed by atoms with van der Waals surface area (Å²) in [7, 11) is 0. The fraction of sp³-hybridized carbons (Fsp3) is 0.533. The summed E-state index contributed by atoms with van der Waals surface area (Å²) in [5.41, 5.74) is 0.0905. The smallest absolute Gasteiger partial charge is 0.164 e. The first-order chi connectivity index (χ1) is 9.58. The van der Waals surface area contributed by atoms with Crippen molar-refractivity contribution in [2.45, 2.75) is 19.3 Å². The summed E-state index contributed by atoms with van der Waals surface area (Å²) in [5, 5.41) is 9.05. The quantitative estimate of drug-likeness (QED) is 0.843. The molecule has 0 spiro atoms. The van der Waals surface area contributed by atoms with E-state index in [1.54, 1.807) is 0 Å². The number of Topliss-reactive ketones (excluding diaryl/α,β-unsaturated/α-hetero) is 1. The molecule has 0 unspecified atom stereocenters. The number of piperidine rings is 1. The molecule has 0 atom stereocenters. The van der Waals surface area contributed by atoms with Crippen molar-refractivity contribution in [1.29, 1.82) is 0 Å². The van der Waals surface area contributed by atoms with Gasteiger partial charge in [0.25, 0.3) is 0 Å². The van der Waals surface area contributed by atoms with Crippen LogP contribution in [0.2, 0.25) is 0 Å². The molecule has 3 nitrogen and oxygen atoms in total. The number of hydrogen-bond acceptors (Lipinski definition) is 3. The molecule has 0 radical (unpaired) electrons. The predicted octanol–water partition coefficient (Wildman–Crippen LogP) is 2.24. The Morgan fingerprint density at radius 1 is 1.20 bits per heavy atom. The van der Waals surface area contributed by atoms with Crippen LogP contribution >= 0.6 is 0 Å². The third-order valence-electron chi connectivity index (χ3n) is 3.80. The van der Waals surface area contributed by atoms with E-state index in [9.17, 15) is 13.6 Å². The van der Waals surface area contributed by atoms with Gasteiger partial charge < -0.3 is 10.0 Å². The summed E-state index contributed by atoms with van der Waals surface area (Å²) in [4.78, 5) is 14.1. The summed E-state index contributed by atoms with van der Waals surface area (Å²) >= 11 is 0. The summed E-state index contributed by atoms with van der Waals surface area (Å²) in [6, 6.07) is 2.91. The second-order valence-electron chi connectivity index (χ2n) is 5.30. The molecule has 1 aliphatic heterocycles. The molecule has 0 aromatic heterocycles. The normalized spacial score (nSPS) is 17.4. The van der Waals surface area contributed by atoms with E-state index in [0.717, 1.165) is 44.1 Å². The van der Waals surface area contributed by atoms with Gasteiger partial charge in [0.05, 0.1) is 0 Å². The molecule has 0 amide bonds. The van der Waals surface area contributed by atoms with E-state index in [1.807, 2.05) is 0 Å². The van der Waals surface area contributed by atoms with Crippen molar-refractivity contribution in [1.82, 2.24) is 4.90 Å². The summed E-state index contributed by atoms with van der Waals surface area (Å²) < 4.78 is 26.1. The van der Waals surface area contributed by atoms with E-state index in [2.05, 4.69) is 4.90 Å². The Labute approximate surface area is 117 Å². The number of halogens is 2. The van der Waals surface area contributed by atoms with Crippen molar-refractivity contribution in [2.75, 3.05) is 26.2 Å². The maximum absolute atomic E-state index is 13.0. The first-order valence-electron chi connectivity index (χ1n) is 6.91. The van der Waals surface area contributed by atoms with Gasteiger partial charge in [0.2, 0.25) is 0 Å². The van der Waals surface area contributed by atoms with Gasteiger partial charge in [-0.3, -0.25) is 4.79 Å². The van der Waals surface area contributed by atoms with Gasteiger partial charge in [-0.1, -0.05) is 0 Å². The number of aliphatic hydroxyl groups excluding tert-OH is 1. The standard InChI is InChI=1S/C15H19F2NO2/c16-13-7-12(8-14(17)9-13)15(20)3-6-18-4-1-11(10-19)2-5-18/h7-9,11,19H,1-6,10H2. The Morgan fingerprint density at radius 3 is 2.35 bits per heavy atom. The first kappa shape index (κ1) is 15.1. The molecule has 1 saturated heterocycles. The van der Waals surface area contributed by atoms with Crippen LogP contribution in [0.3, 0.4) is 0 Å². The minimum absolute atomic E-state index is 0.0905. The van der Waals surface area contributed by atoms with Crippen LogP contribution in [-0.2, 0) is 0 Å². The first-order valence-corrected chi connectivity index (χ1v) is 6.91. The number of hydrogen-bond donors (Lipinski definition) is 1. The molecule has 0 aliphatic carbocycles. The van der Waals surface area contributed by atoms with Gasteiger partial charge in [0.15, 0.2) is 5.78 Å². The Balaban J connectivity index is 1.83. The third-order valence-corrected chi connectivity index (χ3v) is 3.80. The number of carbonyl (C=O) groups excluding carboxylic acids is 1. The summed E-state index contributed by atoms with van der Waals surface area (Å²) in [6.07, 6.45) is 2.12. The summed E-state index contributed by atoms with van der Waals surface area (Å²) in [5.74, 6) is -1.33. The van der Waals surface area contributed by atoms with Crippen LogP contribution in [0.4, 0.5) is 8.78 Å². The highest BCUT2D eigenvalue weighted by atomic mass is 19.1. The molecule has 1 aromatic carbocycles. The lowest BCUT2D eigenvalue weighted by molar-refractivity contribution is 0.0932. The number of aliphatic hydroxyl groups is 1. The SMILES string of the molecule is O=C(CCN1CCC(CO)CC1)c1cc(F)cc(F)c1. The van der Waals surface area contributed by atoms with Crippen molar-refractivity contribution >= 4 is 5.78 Å². The maximum Gasteiger partial charge on any atom is 0.164 e. The lowest BCUT2D eigenvalue weighted by atomic mass is 9.97. The highest BCUT2D eigenvalue weighted by molar-refractivity contribution is 5.96. The van der Waals surface area contributed by atoms with E-state index in [4.69, 9.17) is 5.11 Å². The van der Waals surface area contributed by atoms with Crippen LogP contribution < -0.4 is 0 Å². The third kappa shape index (κ3) is 4.08. The number of rotatable bonds is 5. The lowest BCUT2D eigenvalue weighted by Gasteiger charge is -2.30. The van der Waals surface area contributed by atoms with Crippen LogP contribution in [0.15, 0.2) is 18.2 Å². The molecule has 110 valence electrons. The van der Waals surface area contributed by atoms with E-state index in [-0.39, 0.29) is 24.4 Å². The predicted molar refractivity (Wildman–Crippen MR) is 71.6 cm³/mol. The fourth-order valence-corrected chi connectivity index (χ4v) is 2.51. The average Bonchev–Trinajstić information content (AvgIpc) is 2.44. The van der Waals surface area contributed by atoms with Crippen molar-refractivity contribution < 1.29 is 18.7 Å². The van der Waals surface area contributed by atoms with E-state index >= 15 is 0 Å². The Morgan fingerprint density at radius 2 is 1.80 bits per heavy atom. The average molecular weight is 283 g/mol. The van der Waals surface area contributed by atoms with Gasteiger partial charge in [-0.2, -0.15) is 0 Å². The van der Waals surface area contributed by atoms with E-state index in [1.165, 1.54) is 0 Å². The van der Waals surface area contributed by atoms with Crippen LogP contribution in [0.1, 0.15) is 29.6 Å². The number of ketones is 1. The molecular formula is C15H19F2NO2. The van der Waals surface area contributed by atoms with Crippen molar-refractivity contribution in [2.24, 2.45) is 5.92 Å². The monoisotopic (exact) mass is 283 g/mol.